The number of aromatic nitrogens is 1. The molecule has 0 aliphatic carbocycles. The minimum atomic E-state index is -0.330. The highest BCUT2D eigenvalue weighted by molar-refractivity contribution is 9.10. The predicted molar refractivity (Wildman–Crippen MR) is 57.3 cm³/mol. The molecule has 0 unspecified atom stereocenters. The number of carbonyl (C=O) groups excluding carboxylic acids is 1. The lowest BCUT2D eigenvalue weighted by Gasteiger charge is -1.98. The maximum Gasteiger partial charge on any atom is 0.340 e. The second kappa shape index (κ2) is 3.46. The molecule has 0 bridgehead atoms. The second-order valence-electron chi connectivity index (χ2n) is 2.86. The molecule has 3 nitrogen and oxygen atoms in total. The number of aromatic amines is 1. The van der Waals surface area contributed by atoms with Crippen LogP contribution in [0.15, 0.2) is 28.9 Å². The fourth-order valence-corrected chi connectivity index (χ4v) is 1.99. The molecule has 0 amide bonds. The third kappa shape index (κ3) is 1.32. The Balaban J connectivity index is 2.73. The van der Waals surface area contributed by atoms with Crippen LogP contribution in [0.3, 0.4) is 0 Å². The Morgan fingerprint density at radius 1 is 1.50 bits per heavy atom. The lowest BCUT2D eigenvalue weighted by molar-refractivity contribution is 0.0603. The van der Waals surface area contributed by atoms with E-state index in [4.69, 9.17) is 0 Å². The van der Waals surface area contributed by atoms with E-state index in [0.29, 0.717) is 5.56 Å². The second-order valence-corrected chi connectivity index (χ2v) is 3.71. The molecule has 1 aromatic carbocycles. The zero-order valence-electron chi connectivity index (χ0n) is 7.50. The van der Waals surface area contributed by atoms with Gasteiger partial charge in [0.15, 0.2) is 0 Å². The first-order chi connectivity index (χ1) is 6.74. The van der Waals surface area contributed by atoms with Crippen LogP contribution in [-0.2, 0) is 4.74 Å². The number of benzene rings is 1. The minimum absolute atomic E-state index is 0.330. The fraction of sp³-hybridized carbons (Fsp3) is 0.100. The van der Waals surface area contributed by atoms with Crippen molar-refractivity contribution >= 4 is 32.8 Å². The van der Waals surface area contributed by atoms with E-state index in [-0.39, 0.29) is 5.97 Å². The van der Waals surface area contributed by atoms with Crippen molar-refractivity contribution in [3.8, 4) is 0 Å². The van der Waals surface area contributed by atoms with Gasteiger partial charge in [0.2, 0.25) is 0 Å². The highest BCUT2D eigenvalue weighted by Gasteiger charge is 2.13. The summed E-state index contributed by atoms with van der Waals surface area (Å²) in [5, 5.41) is 0.861. The van der Waals surface area contributed by atoms with Gasteiger partial charge in [-0.25, -0.2) is 4.79 Å². The molecule has 0 radical (unpaired) electrons. The van der Waals surface area contributed by atoms with Gasteiger partial charge in [0, 0.05) is 21.6 Å². The number of nitrogens with one attached hydrogen (secondary N) is 1. The quantitative estimate of drug-likeness (QED) is 0.795. The molecule has 0 saturated carbocycles. The first-order valence-electron chi connectivity index (χ1n) is 4.08. The van der Waals surface area contributed by atoms with Gasteiger partial charge >= 0.3 is 5.97 Å². The molecule has 72 valence electrons. The van der Waals surface area contributed by atoms with Crippen LogP contribution >= 0.6 is 15.9 Å². The average Bonchev–Trinajstić information content (AvgIpc) is 2.62. The Hall–Kier alpha value is -1.29. The maximum atomic E-state index is 11.4. The van der Waals surface area contributed by atoms with Crippen LogP contribution in [0.25, 0.3) is 10.9 Å². The number of hydrogen-bond acceptors (Lipinski definition) is 2. The number of fused-ring (bicyclic) bond motifs is 1. The van der Waals surface area contributed by atoms with Gasteiger partial charge in [0.05, 0.1) is 12.7 Å². The zero-order chi connectivity index (χ0) is 10.1. The molecule has 1 aromatic heterocycles. The molecule has 0 aliphatic rings. The molecule has 0 aliphatic heterocycles. The molecular formula is C10H8BrNO2. The van der Waals surface area contributed by atoms with E-state index in [9.17, 15) is 4.79 Å². The van der Waals surface area contributed by atoms with Crippen LogP contribution in [0, 0.1) is 0 Å². The molecule has 0 saturated heterocycles. The van der Waals surface area contributed by atoms with Crippen molar-refractivity contribution in [2.45, 2.75) is 0 Å². The van der Waals surface area contributed by atoms with Crippen molar-refractivity contribution < 1.29 is 9.53 Å². The van der Waals surface area contributed by atoms with Crippen LogP contribution in [0.4, 0.5) is 0 Å². The average molecular weight is 254 g/mol. The molecule has 1 heterocycles. The Morgan fingerprint density at radius 3 is 3.00 bits per heavy atom. The zero-order valence-corrected chi connectivity index (χ0v) is 9.09. The van der Waals surface area contributed by atoms with E-state index < -0.39 is 0 Å². The molecule has 14 heavy (non-hydrogen) atoms. The topological polar surface area (TPSA) is 42.1 Å². The first-order valence-corrected chi connectivity index (χ1v) is 4.87. The number of esters is 1. The molecule has 0 fully saturated rings. The van der Waals surface area contributed by atoms with Gasteiger partial charge in [0.25, 0.3) is 0 Å². The molecule has 2 aromatic rings. The summed E-state index contributed by atoms with van der Waals surface area (Å²) in [6.45, 7) is 0. The molecule has 0 atom stereocenters. The lowest BCUT2D eigenvalue weighted by atomic mass is 10.2. The van der Waals surface area contributed by atoms with Gasteiger partial charge in [-0.2, -0.15) is 0 Å². The van der Waals surface area contributed by atoms with Crippen LogP contribution in [-0.4, -0.2) is 18.1 Å². The maximum absolute atomic E-state index is 11.4. The minimum Gasteiger partial charge on any atom is -0.465 e. The van der Waals surface area contributed by atoms with E-state index in [1.807, 2.05) is 18.2 Å². The van der Waals surface area contributed by atoms with Crippen molar-refractivity contribution in [3.63, 3.8) is 0 Å². The number of rotatable bonds is 1. The van der Waals surface area contributed by atoms with Gasteiger partial charge in [-0.05, 0) is 12.1 Å². The Bertz CT molecular complexity index is 490. The van der Waals surface area contributed by atoms with Gasteiger partial charge < -0.3 is 9.72 Å². The molecule has 2 rings (SSSR count). The van der Waals surface area contributed by atoms with Crippen molar-refractivity contribution in [2.75, 3.05) is 7.11 Å². The Labute approximate surface area is 89.2 Å². The van der Waals surface area contributed by atoms with Gasteiger partial charge in [-0.15, -0.1) is 0 Å². The summed E-state index contributed by atoms with van der Waals surface area (Å²) >= 11 is 3.40. The molecule has 0 spiro atoms. The van der Waals surface area contributed by atoms with Crippen molar-refractivity contribution in [1.29, 1.82) is 0 Å². The number of ether oxygens (including phenoxy) is 1. The summed E-state index contributed by atoms with van der Waals surface area (Å²) < 4.78 is 5.56. The summed E-state index contributed by atoms with van der Waals surface area (Å²) in [6, 6.07) is 5.71. The fourth-order valence-electron chi connectivity index (χ4n) is 1.41. The SMILES string of the molecule is COC(=O)c1c[nH]c2cccc(Br)c12. The van der Waals surface area contributed by atoms with Crippen LogP contribution in [0.1, 0.15) is 10.4 Å². The van der Waals surface area contributed by atoms with Gasteiger partial charge in [0.1, 0.15) is 0 Å². The van der Waals surface area contributed by atoms with Crippen LogP contribution in [0.5, 0.6) is 0 Å². The number of hydrogen-bond donors (Lipinski definition) is 1. The highest BCUT2D eigenvalue weighted by Crippen LogP contribution is 2.27. The van der Waals surface area contributed by atoms with E-state index in [2.05, 4.69) is 25.7 Å². The number of halogens is 1. The smallest absolute Gasteiger partial charge is 0.340 e. The summed E-state index contributed by atoms with van der Waals surface area (Å²) in [6.07, 6.45) is 1.65. The number of carbonyl (C=O) groups is 1. The molecule has 4 heteroatoms. The summed E-state index contributed by atoms with van der Waals surface area (Å²) in [4.78, 5) is 14.4. The van der Waals surface area contributed by atoms with Crippen LogP contribution < -0.4 is 0 Å². The molecular weight excluding hydrogens is 246 g/mol. The Kier molecular flexibility index (Phi) is 2.29. The molecule has 1 N–H and O–H groups in total. The third-order valence-electron chi connectivity index (χ3n) is 2.06. The number of H-pyrrole nitrogens is 1. The lowest BCUT2D eigenvalue weighted by Crippen LogP contribution is -1.99. The number of methoxy groups -OCH3 is 1. The van der Waals surface area contributed by atoms with Crippen molar-refractivity contribution in [3.05, 3.63) is 34.4 Å². The normalized spacial score (nSPS) is 10.4. The third-order valence-corrected chi connectivity index (χ3v) is 2.72. The monoisotopic (exact) mass is 253 g/mol. The largest absolute Gasteiger partial charge is 0.465 e. The van der Waals surface area contributed by atoms with E-state index in [1.165, 1.54) is 7.11 Å². The summed E-state index contributed by atoms with van der Waals surface area (Å²) in [7, 11) is 1.37. The van der Waals surface area contributed by atoms with Crippen LogP contribution in [0.2, 0.25) is 0 Å². The first kappa shape index (κ1) is 9.27. The Morgan fingerprint density at radius 2 is 2.29 bits per heavy atom. The predicted octanol–water partition coefficient (Wildman–Crippen LogP) is 2.72. The summed E-state index contributed by atoms with van der Waals surface area (Å²) in [5.41, 5.74) is 1.47. The van der Waals surface area contributed by atoms with Gasteiger partial charge in [-0.1, -0.05) is 22.0 Å². The van der Waals surface area contributed by atoms with Gasteiger partial charge in [-0.3, -0.25) is 0 Å². The van der Waals surface area contributed by atoms with E-state index >= 15 is 0 Å². The highest BCUT2D eigenvalue weighted by atomic mass is 79.9. The van der Waals surface area contributed by atoms with Crippen molar-refractivity contribution in [2.24, 2.45) is 0 Å². The standard InChI is InChI=1S/C10H8BrNO2/c1-14-10(13)6-5-12-8-4-2-3-7(11)9(6)8/h2-5,12H,1H3. The van der Waals surface area contributed by atoms with E-state index in [1.54, 1.807) is 6.20 Å². The summed E-state index contributed by atoms with van der Waals surface area (Å²) in [5.74, 6) is -0.330. The van der Waals surface area contributed by atoms with Crippen molar-refractivity contribution in [1.82, 2.24) is 4.98 Å². The van der Waals surface area contributed by atoms with E-state index in [0.717, 1.165) is 15.4 Å².